The number of nitrogens with one attached hydrogen (secondary N) is 3. The molecule has 2 aromatic rings. The van der Waals surface area contributed by atoms with Crippen LogP contribution in [0.5, 0.6) is 0 Å². The van der Waals surface area contributed by atoms with Gasteiger partial charge in [-0.05, 0) is 25.0 Å². The first-order valence-corrected chi connectivity index (χ1v) is 9.29. The molecular formula is C19H21F3N4O2S. The Balaban J connectivity index is 0.000000298. The fourth-order valence-electron chi connectivity index (χ4n) is 1.80. The number of alkyl halides is 3. The van der Waals surface area contributed by atoms with Crippen molar-refractivity contribution < 1.29 is 22.8 Å². The molecule has 0 aliphatic heterocycles. The number of hydrogen-bond donors (Lipinski definition) is 3. The van der Waals surface area contributed by atoms with Gasteiger partial charge in [0.05, 0.1) is 5.69 Å². The van der Waals surface area contributed by atoms with Gasteiger partial charge in [0.2, 0.25) is 12.3 Å². The number of nitrogens with zero attached hydrogens (tertiary/aromatic N) is 1. The number of amides is 2. The first-order chi connectivity index (χ1) is 13.7. The topological polar surface area (TPSA) is 83.1 Å². The standard InChI is InChI=1S/C13H12N2S.C6H9F3N2O2/c1-10-12(16-13(14-2)15-10)9-8-11-6-4-3-5-7-11;7-6(8,9)3-11-5(13)1-2-10-4-12/h3-7H,1-2H3,(H,14,15);4H,1-3H2,(H,10,12)(H,11,13). The van der Waals surface area contributed by atoms with Gasteiger partial charge in [-0.25, -0.2) is 4.98 Å². The molecule has 0 aliphatic carbocycles. The molecule has 156 valence electrons. The van der Waals surface area contributed by atoms with Gasteiger partial charge in [0, 0.05) is 25.6 Å². The Morgan fingerprint density at radius 3 is 2.48 bits per heavy atom. The molecule has 0 aliphatic rings. The van der Waals surface area contributed by atoms with Gasteiger partial charge < -0.3 is 16.0 Å². The average Bonchev–Trinajstić information content (AvgIpc) is 3.06. The molecular weight excluding hydrogens is 405 g/mol. The quantitative estimate of drug-likeness (QED) is 0.377. The van der Waals surface area contributed by atoms with Gasteiger partial charge in [0.15, 0.2) is 5.13 Å². The van der Waals surface area contributed by atoms with Gasteiger partial charge in [-0.3, -0.25) is 9.59 Å². The number of anilines is 1. The van der Waals surface area contributed by atoms with Crippen LogP contribution in [0.3, 0.4) is 0 Å². The van der Waals surface area contributed by atoms with Crippen molar-refractivity contribution >= 4 is 28.8 Å². The van der Waals surface area contributed by atoms with Crippen molar-refractivity contribution in [3.63, 3.8) is 0 Å². The summed E-state index contributed by atoms with van der Waals surface area (Å²) in [7, 11) is 1.87. The maximum atomic E-state index is 11.5. The van der Waals surface area contributed by atoms with E-state index in [0.717, 1.165) is 21.3 Å². The number of thiazole rings is 1. The Morgan fingerprint density at radius 1 is 1.24 bits per heavy atom. The molecule has 29 heavy (non-hydrogen) atoms. The van der Waals surface area contributed by atoms with Crippen molar-refractivity contribution in [2.45, 2.75) is 19.5 Å². The van der Waals surface area contributed by atoms with Crippen LogP contribution in [0.1, 0.15) is 22.6 Å². The van der Waals surface area contributed by atoms with Crippen molar-refractivity contribution in [3.8, 4) is 11.8 Å². The van der Waals surface area contributed by atoms with Crippen LogP contribution in [-0.4, -0.2) is 43.6 Å². The highest BCUT2D eigenvalue weighted by atomic mass is 32.1. The van der Waals surface area contributed by atoms with Crippen molar-refractivity contribution in [2.24, 2.45) is 0 Å². The van der Waals surface area contributed by atoms with E-state index in [9.17, 15) is 22.8 Å². The lowest BCUT2D eigenvalue weighted by molar-refractivity contribution is -0.138. The summed E-state index contributed by atoms with van der Waals surface area (Å²) in [5, 5.41) is 7.75. The summed E-state index contributed by atoms with van der Waals surface area (Å²) in [4.78, 5) is 25.6. The van der Waals surface area contributed by atoms with Crippen molar-refractivity contribution in [1.29, 1.82) is 0 Å². The Bertz CT molecular complexity index is 843. The van der Waals surface area contributed by atoms with Gasteiger partial charge in [-0.15, -0.1) is 0 Å². The second kappa shape index (κ2) is 12.4. The highest BCUT2D eigenvalue weighted by Gasteiger charge is 2.27. The molecule has 10 heteroatoms. The summed E-state index contributed by atoms with van der Waals surface area (Å²) >= 11 is 1.58. The van der Waals surface area contributed by atoms with E-state index < -0.39 is 18.6 Å². The molecule has 0 bridgehead atoms. The van der Waals surface area contributed by atoms with Crippen molar-refractivity contribution in [2.75, 3.05) is 25.5 Å². The van der Waals surface area contributed by atoms with E-state index in [4.69, 9.17) is 0 Å². The zero-order chi connectivity index (χ0) is 21.7. The molecule has 2 rings (SSSR count). The Labute approximate surface area is 170 Å². The number of hydrogen-bond acceptors (Lipinski definition) is 5. The van der Waals surface area contributed by atoms with E-state index in [1.54, 1.807) is 16.7 Å². The van der Waals surface area contributed by atoms with Crippen LogP contribution in [0, 0.1) is 18.8 Å². The van der Waals surface area contributed by atoms with E-state index in [1.807, 2.05) is 44.3 Å². The molecule has 0 saturated carbocycles. The first-order valence-electron chi connectivity index (χ1n) is 8.48. The van der Waals surface area contributed by atoms with E-state index in [-0.39, 0.29) is 13.0 Å². The minimum atomic E-state index is -4.40. The summed E-state index contributed by atoms with van der Waals surface area (Å²) in [6.07, 6.45) is -4.18. The van der Waals surface area contributed by atoms with Gasteiger partial charge >= 0.3 is 6.18 Å². The number of aromatic nitrogens is 1. The zero-order valence-corrected chi connectivity index (χ0v) is 16.7. The minimum Gasteiger partial charge on any atom is -0.365 e. The van der Waals surface area contributed by atoms with Gasteiger partial charge in [-0.2, -0.15) is 13.2 Å². The molecule has 0 fully saturated rings. The van der Waals surface area contributed by atoms with Crippen LogP contribution in [0.25, 0.3) is 0 Å². The van der Waals surface area contributed by atoms with E-state index in [2.05, 4.69) is 27.5 Å². The van der Waals surface area contributed by atoms with Crippen LogP contribution < -0.4 is 16.0 Å². The maximum absolute atomic E-state index is 11.5. The first kappa shape index (κ1) is 24.0. The molecule has 0 spiro atoms. The number of rotatable bonds is 6. The van der Waals surface area contributed by atoms with Crippen LogP contribution in [0.2, 0.25) is 0 Å². The third-order valence-electron chi connectivity index (χ3n) is 3.17. The summed E-state index contributed by atoms with van der Waals surface area (Å²) in [5.74, 6) is 5.54. The monoisotopic (exact) mass is 426 g/mol. The molecule has 0 radical (unpaired) electrons. The third kappa shape index (κ3) is 10.8. The van der Waals surface area contributed by atoms with Crippen LogP contribution in [0.15, 0.2) is 30.3 Å². The zero-order valence-electron chi connectivity index (χ0n) is 15.9. The number of carbonyl (C=O) groups is 2. The largest absolute Gasteiger partial charge is 0.405 e. The Kier molecular flexibility index (Phi) is 10.3. The predicted molar refractivity (Wildman–Crippen MR) is 107 cm³/mol. The SMILES string of the molecule is CNc1nc(C)c(C#Cc2ccccc2)s1.O=CNCCC(=O)NCC(F)(F)F. The summed E-state index contributed by atoms with van der Waals surface area (Å²) in [6.45, 7) is 0.673. The maximum Gasteiger partial charge on any atom is 0.405 e. The molecule has 6 nitrogen and oxygen atoms in total. The van der Waals surface area contributed by atoms with Gasteiger partial charge in [0.1, 0.15) is 11.4 Å². The summed E-state index contributed by atoms with van der Waals surface area (Å²) in [6, 6.07) is 9.97. The molecule has 1 aromatic carbocycles. The molecule has 0 saturated heterocycles. The van der Waals surface area contributed by atoms with E-state index >= 15 is 0 Å². The number of halogens is 3. The molecule has 2 amide bonds. The number of carbonyl (C=O) groups excluding carboxylic acids is 2. The van der Waals surface area contributed by atoms with Crippen molar-refractivity contribution in [1.82, 2.24) is 15.6 Å². The van der Waals surface area contributed by atoms with E-state index in [1.165, 1.54) is 0 Å². The normalized spacial score (nSPS) is 9.97. The highest BCUT2D eigenvalue weighted by molar-refractivity contribution is 7.16. The summed E-state index contributed by atoms with van der Waals surface area (Å²) < 4.78 is 34.6. The fraction of sp³-hybridized carbons (Fsp3) is 0.316. The Hall–Kier alpha value is -3.06. The van der Waals surface area contributed by atoms with Gasteiger partial charge in [0.25, 0.3) is 0 Å². The van der Waals surface area contributed by atoms with Crippen LogP contribution in [-0.2, 0) is 9.59 Å². The lowest BCUT2D eigenvalue weighted by Crippen LogP contribution is -2.35. The lowest BCUT2D eigenvalue weighted by atomic mass is 10.2. The minimum absolute atomic E-state index is 0.0349. The second-order valence-electron chi connectivity index (χ2n) is 5.51. The van der Waals surface area contributed by atoms with Crippen molar-refractivity contribution in [3.05, 3.63) is 46.5 Å². The average molecular weight is 426 g/mol. The highest BCUT2D eigenvalue weighted by Crippen LogP contribution is 2.20. The van der Waals surface area contributed by atoms with Crippen LogP contribution in [0.4, 0.5) is 18.3 Å². The van der Waals surface area contributed by atoms with Gasteiger partial charge in [-0.1, -0.05) is 35.5 Å². The van der Waals surface area contributed by atoms with E-state index in [0.29, 0.717) is 6.41 Å². The predicted octanol–water partition coefficient (Wildman–Crippen LogP) is 2.69. The molecule has 0 unspecified atom stereocenters. The Morgan fingerprint density at radius 2 is 1.93 bits per heavy atom. The summed E-state index contributed by atoms with van der Waals surface area (Å²) in [5.41, 5.74) is 2.01. The smallest absolute Gasteiger partial charge is 0.365 e. The number of aryl methyl sites for hydroxylation is 1. The molecule has 0 atom stereocenters. The molecule has 3 N–H and O–H groups in total. The molecule has 1 aromatic heterocycles. The number of benzene rings is 1. The third-order valence-corrected chi connectivity index (χ3v) is 4.26. The second-order valence-corrected chi connectivity index (χ2v) is 6.51. The fourth-order valence-corrected chi connectivity index (χ4v) is 2.57. The van der Waals surface area contributed by atoms with Crippen LogP contribution >= 0.6 is 11.3 Å². The lowest BCUT2D eigenvalue weighted by Gasteiger charge is -2.07. The molecule has 1 heterocycles.